The maximum Gasteiger partial charge on any atom is 0.0927 e. The van der Waals surface area contributed by atoms with E-state index in [9.17, 15) is 0 Å². The van der Waals surface area contributed by atoms with Crippen molar-refractivity contribution in [1.82, 2.24) is 9.97 Å². The van der Waals surface area contributed by atoms with Crippen LogP contribution in [0.3, 0.4) is 0 Å². The molecule has 1 aromatic rings. The zero-order valence-electron chi connectivity index (χ0n) is 6.89. The first-order chi connectivity index (χ1) is 5.20. The highest BCUT2D eigenvalue weighted by atomic mass is 14.8. The van der Waals surface area contributed by atoms with Crippen LogP contribution >= 0.6 is 0 Å². The number of hydrogen-bond acceptors (Lipinski definition) is 1. The molecule has 2 nitrogen and oxygen atoms in total. The van der Waals surface area contributed by atoms with Crippen molar-refractivity contribution in [2.45, 2.75) is 13.8 Å². The predicted octanol–water partition coefficient (Wildman–Crippen LogP) is 2.39. The van der Waals surface area contributed by atoms with Gasteiger partial charge in [-0.25, -0.2) is 4.98 Å². The first kappa shape index (κ1) is 7.79. The number of imidazole rings is 1. The van der Waals surface area contributed by atoms with Gasteiger partial charge in [-0.1, -0.05) is 12.2 Å². The number of rotatable bonds is 2. The molecule has 0 aliphatic rings. The molecule has 0 bridgehead atoms. The van der Waals surface area contributed by atoms with Gasteiger partial charge in [0.2, 0.25) is 0 Å². The van der Waals surface area contributed by atoms with Crippen molar-refractivity contribution in [3.63, 3.8) is 0 Å². The Labute approximate surface area is 66.7 Å². The average Bonchev–Trinajstić information content (AvgIpc) is 2.39. The molecule has 1 aromatic heterocycles. The Morgan fingerprint density at radius 1 is 1.64 bits per heavy atom. The summed E-state index contributed by atoms with van der Waals surface area (Å²) in [4.78, 5) is 6.95. The Morgan fingerprint density at radius 2 is 2.36 bits per heavy atom. The van der Waals surface area contributed by atoms with Crippen LogP contribution in [0.4, 0.5) is 0 Å². The van der Waals surface area contributed by atoms with E-state index in [-0.39, 0.29) is 0 Å². The highest BCUT2D eigenvalue weighted by Crippen LogP contribution is 2.09. The summed E-state index contributed by atoms with van der Waals surface area (Å²) in [5.74, 6) is 0. The molecule has 0 saturated heterocycles. The van der Waals surface area contributed by atoms with Crippen LogP contribution in [0.15, 0.2) is 30.2 Å². The first-order valence-electron chi connectivity index (χ1n) is 3.53. The van der Waals surface area contributed by atoms with Crippen molar-refractivity contribution in [2.75, 3.05) is 0 Å². The molecule has 1 rings (SSSR count). The van der Waals surface area contributed by atoms with Crippen LogP contribution in [0.1, 0.15) is 19.5 Å². The Balaban J connectivity index is 2.82. The lowest BCUT2D eigenvalue weighted by atomic mass is 10.1. The standard InChI is InChI=1S/C9H12N2/c1-7(2)8(3)4-9-5-10-6-11-9/h4-6H,1H2,2-3H3,(H,10,11)/b8-4-. The number of allylic oxidation sites excluding steroid dienone is 2. The molecule has 11 heavy (non-hydrogen) atoms. The molecule has 0 unspecified atom stereocenters. The molecule has 0 fully saturated rings. The van der Waals surface area contributed by atoms with Crippen LogP contribution in [-0.2, 0) is 0 Å². The van der Waals surface area contributed by atoms with Crippen molar-refractivity contribution in [1.29, 1.82) is 0 Å². The smallest absolute Gasteiger partial charge is 0.0927 e. The number of aromatic nitrogens is 2. The second kappa shape index (κ2) is 3.19. The normalized spacial score (nSPS) is 11.6. The summed E-state index contributed by atoms with van der Waals surface area (Å²) in [6.45, 7) is 7.84. The van der Waals surface area contributed by atoms with Crippen LogP contribution in [0.25, 0.3) is 6.08 Å². The minimum absolute atomic E-state index is 0.950. The summed E-state index contributed by atoms with van der Waals surface area (Å²) in [7, 11) is 0. The van der Waals surface area contributed by atoms with E-state index in [4.69, 9.17) is 0 Å². The topological polar surface area (TPSA) is 28.7 Å². The Kier molecular flexibility index (Phi) is 2.26. The van der Waals surface area contributed by atoms with Crippen LogP contribution < -0.4 is 0 Å². The minimum Gasteiger partial charge on any atom is -0.351 e. The molecule has 0 amide bonds. The van der Waals surface area contributed by atoms with E-state index in [0.29, 0.717) is 0 Å². The van der Waals surface area contributed by atoms with Gasteiger partial charge >= 0.3 is 0 Å². The molecule has 0 spiro atoms. The van der Waals surface area contributed by atoms with Gasteiger partial charge in [-0.05, 0) is 25.5 Å². The van der Waals surface area contributed by atoms with Gasteiger partial charge in [0.15, 0.2) is 0 Å². The fourth-order valence-corrected chi connectivity index (χ4v) is 0.696. The molecule has 0 aliphatic heterocycles. The minimum atomic E-state index is 0.950. The first-order valence-corrected chi connectivity index (χ1v) is 3.53. The lowest BCUT2D eigenvalue weighted by Gasteiger charge is -1.95. The maximum absolute atomic E-state index is 4.07. The van der Waals surface area contributed by atoms with Crippen molar-refractivity contribution in [2.24, 2.45) is 0 Å². The summed E-state index contributed by atoms with van der Waals surface area (Å²) in [5, 5.41) is 0. The van der Waals surface area contributed by atoms with Gasteiger partial charge < -0.3 is 4.98 Å². The van der Waals surface area contributed by atoms with Crippen LogP contribution in [-0.4, -0.2) is 9.97 Å². The highest BCUT2D eigenvalue weighted by molar-refractivity contribution is 5.52. The fraction of sp³-hybridized carbons (Fsp3) is 0.222. The summed E-state index contributed by atoms with van der Waals surface area (Å²) in [6.07, 6.45) is 5.52. The van der Waals surface area contributed by atoms with Gasteiger partial charge in [-0.2, -0.15) is 0 Å². The molecule has 1 N–H and O–H groups in total. The van der Waals surface area contributed by atoms with Gasteiger partial charge in [0.05, 0.1) is 12.0 Å². The molecule has 0 saturated carbocycles. The number of nitrogens with zero attached hydrogens (tertiary/aromatic N) is 1. The third kappa shape index (κ3) is 2.08. The van der Waals surface area contributed by atoms with Gasteiger partial charge in [0.25, 0.3) is 0 Å². The second-order valence-electron chi connectivity index (χ2n) is 2.60. The Hall–Kier alpha value is -1.31. The number of hydrogen-bond donors (Lipinski definition) is 1. The Bertz CT molecular complexity index is 268. The predicted molar refractivity (Wildman–Crippen MR) is 47.1 cm³/mol. The van der Waals surface area contributed by atoms with E-state index in [1.165, 1.54) is 0 Å². The monoisotopic (exact) mass is 148 g/mol. The SMILES string of the molecule is C=C(C)/C(C)=C\c1c[nH]cn1. The van der Waals surface area contributed by atoms with Crippen molar-refractivity contribution in [3.8, 4) is 0 Å². The van der Waals surface area contributed by atoms with E-state index in [2.05, 4.69) is 16.5 Å². The molecule has 0 aromatic carbocycles. The van der Waals surface area contributed by atoms with E-state index < -0.39 is 0 Å². The maximum atomic E-state index is 4.07. The largest absolute Gasteiger partial charge is 0.351 e. The third-order valence-corrected chi connectivity index (χ3v) is 1.56. The van der Waals surface area contributed by atoms with Crippen molar-refractivity contribution < 1.29 is 0 Å². The molecule has 1 heterocycles. The number of aromatic amines is 1. The highest BCUT2D eigenvalue weighted by Gasteiger charge is 1.91. The lowest BCUT2D eigenvalue weighted by Crippen LogP contribution is -1.77. The zero-order valence-corrected chi connectivity index (χ0v) is 6.89. The van der Waals surface area contributed by atoms with E-state index in [0.717, 1.165) is 16.8 Å². The van der Waals surface area contributed by atoms with Gasteiger partial charge in [0, 0.05) is 6.20 Å². The summed E-state index contributed by atoms with van der Waals surface area (Å²) >= 11 is 0. The molecule has 2 heteroatoms. The fourth-order valence-electron chi connectivity index (χ4n) is 0.696. The van der Waals surface area contributed by atoms with Crippen molar-refractivity contribution in [3.05, 3.63) is 35.9 Å². The average molecular weight is 148 g/mol. The third-order valence-electron chi connectivity index (χ3n) is 1.56. The Morgan fingerprint density at radius 3 is 2.82 bits per heavy atom. The van der Waals surface area contributed by atoms with Crippen LogP contribution in [0.2, 0.25) is 0 Å². The number of H-pyrrole nitrogens is 1. The van der Waals surface area contributed by atoms with E-state index >= 15 is 0 Å². The summed E-state index contributed by atoms with van der Waals surface area (Å²) in [5.41, 5.74) is 3.19. The summed E-state index contributed by atoms with van der Waals surface area (Å²) < 4.78 is 0. The summed E-state index contributed by atoms with van der Waals surface area (Å²) in [6, 6.07) is 0. The molecule has 0 aliphatic carbocycles. The number of nitrogens with one attached hydrogen (secondary N) is 1. The van der Waals surface area contributed by atoms with Gasteiger partial charge in [0.1, 0.15) is 0 Å². The molecule has 0 radical (unpaired) electrons. The quantitative estimate of drug-likeness (QED) is 0.641. The zero-order chi connectivity index (χ0) is 8.27. The van der Waals surface area contributed by atoms with Gasteiger partial charge in [-0.15, -0.1) is 0 Å². The van der Waals surface area contributed by atoms with Gasteiger partial charge in [-0.3, -0.25) is 0 Å². The molecule has 58 valence electrons. The van der Waals surface area contributed by atoms with E-state index in [1.54, 1.807) is 6.33 Å². The van der Waals surface area contributed by atoms with Crippen LogP contribution in [0.5, 0.6) is 0 Å². The lowest BCUT2D eigenvalue weighted by molar-refractivity contribution is 1.30. The molecular formula is C9H12N2. The van der Waals surface area contributed by atoms with E-state index in [1.807, 2.05) is 26.1 Å². The van der Waals surface area contributed by atoms with Crippen LogP contribution in [0, 0.1) is 0 Å². The molecule has 0 atom stereocenters. The van der Waals surface area contributed by atoms with Crippen molar-refractivity contribution >= 4 is 6.08 Å². The molecular weight excluding hydrogens is 136 g/mol. The second-order valence-corrected chi connectivity index (χ2v) is 2.60.